The quantitative estimate of drug-likeness (QED) is 0.841. The molecule has 0 atom stereocenters. The van der Waals surface area contributed by atoms with Crippen LogP contribution in [-0.2, 0) is 6.61 Å². The fraction of sp³-hybridized carbons (Fsp3) is 0.250. The number of hydrogen-bond acceptors (Lipinski definition) is 2. The zero-order chi connectivity index (χ0) is 14.0. The lowest BCUT2D eigenvalue weighted by Gasteiger charge is -2.13. The second-order valence-corrected chi connectivity index (χ2v) is 5.25. The van der Waals surface area contributed by atoms with Crippen LogP contribution in [0.1, 0.15) is 22.3 Å². The van der Waals surface area contributed by atoms with E-state index in [4.69, 9.17) is 22.1 Å². The summed E-state index contributed by atoms with van der Waals surface area (Å²) in [6, 6.07) is 9.62. The van der Waals surface area contributed by atoms with E-state index in [-0.39, 0.29) is 0 Å². The zero-order valence-electron chi connectivity index (χ0n) is 11.5. The molecule has 0 radical (unpaired) electrons. The normalized spacial score (nSPS) is 10.5. The molecule has 0 heterocycles. The smallest absolute Gasteiger partial charge is 0.123 e. The Morgan fingerprint density at radius 3 is 2.58 bits per heavy atom. The van der Waals surface area contributed by atoms with Crippen molar-refractivity contribution in [3.05, 3.63) is 57.6 Å². The number of benzene rings is 2. The van der Waals surface area contributed by atoms with Crippen molar-refractivity contribution in [2.45, 2.75) is 27.4 Å². The van der Waals surface area contributed by atoms with Crippen molar-refractivity contribution < 1.29 is 4.74 Å². The summed E-state index contributed by atoms with van der Waals surface area (Å²) in [7, 11) is 0. The predicted molar refractivity (Wildman–Crippen MR) is 80.8 cm³/mol. The highest BCUT2D eigenvalue weighted by atomic mass is 35.5. The molecule has 0 unspecified atom stereocenters. The van der Waals surface area contributed by atoms with Crippen LogP contribution in [0.25, 0.3) is 0 Å². The van der Waals surface area contributed by atoms with Gasteiger partial charge in [0.1, 0.15) is 12.4 Å². The molecule has 2 aromatic rings. The molecular formula is C16H18ClNO. The van der Waals surface area contributed by atoms with Crippen LogP contribution >= 0.6 is 11.6 Å². The second kappa shape index (κ2) is 5.54. The molecule has 0 aliphatic rings. The molecule has 0 aliphatic carbocycles. The minimum atomic E-state index is 0.424. The maximum Gasteiger partial charge on any atom is 0.123 e. The molecule has 0 saturated heterocycles. The van der Waals surface area contributed by atoms with Crippen molar-refractivity contribution in [1.82, 2.24) is 0 Å². The van der Waals surface area contributed by atoms with E-state index in [2.05, 4.69) is 26.8 Å². The summed E-state index contributed by atoms with van der Waals surface area (Å²) in [6.07, 6.45) is 0. The largest absolute Gasteiger partial charge is 0.489 e. The molecule has 100 valence electrons. The van der Waals surface area contributed by atoms with Gasteiger partial charge in [0.15, 0.2) is 0 Å². The van der Waals surface area contributed by atoms with Gasteiger partial charge in [-0.05, 0) is 61.7 Å². The second-order valence-electron chi connectivity index (χ2n) is 4.84. The van der Waals surface area contributed by atoms with Gasteiger partial charge in [-0.25, -0.2) is 0 Å². The molecule has 2 nitrogen and oxygen atoms in total. The summed E-state index contributed by atoms with van der Waals surface area (Å²) >= 11 is 6.13. The van der Waals surface area contributed by atoms with Gasteiger partial charge in [0.05, 0.1) is 0 Å². The fourth-order valence-corrected chi connectivity index (χ4v) is 2.18. The highest BCUT2D eigenvalue weighted by Crippen LogP contribution is 2.26. The van der Waals surface area contributed by atoms with Gasteiger partial charge < -0.3 is 10.5 Å². The van der Waals surface area contributed by atoms with Crippen LogP contribution in [0.5, 0.6) is 5.75 Å². The molecule has 0 aliphatic heterocycles. The lowest BCUT2D eigenvalue weighted by Crippen LogP contribution is -2.00. The number of ether oxygens (including phenoxy) is 1. The third kappa shape index (κ3) is 3.21. The Morgan fingerprint density at radius 1 is 1.11 bits per heavy atom. The average Bonchev–Trinajstić information content (AvgIpc) is 2.35. The summed E-state index contributed by atoms with van der Waals surface area (Å²) in [6.45, 7) is 6.63. The molecule has 2 rings (SSSR count). The van der Waals surface area contributed by atoms with Gasteiger partial charge in [-0.15, -0.1) is 0 Å². The number of halogens is 1. The Labute approximate surface area is 119 Å². The Morgan fingerprint density at radius 2 is 1.84 bits per heavy atom. The van der Waals surface area contributed by atoms with E-state index in [9.17, 15) is 0 Å². The summed E-state index contributed by atoms with van der Waals surface area (Å²) in [5.74, 6) is 0.899. The van der Waals surface area contributed by atoms with E-state index < -0.39 is 0 Å². The molecule has 19 heavy (non-hydrogen) atoms. The molecule has 0 fully saturated rings. The van der Waals surface area contributed by atoms with Gasteiger partial charge in [-0.2, -0.15) is 0 Å². The van der Waals surface area contributed by atoms with Crippen molar-refractivity contribution in [3.8, 4) is 5.75 Å². The number of hydrogen-bond donors (Lipinski definition) is 1. The van der Waals surface area contributed by atoms with Gasteiger partial charge in [-0.1, -0.05) is 17.7 Å². The van der Waals surface area contributed by atoms with E-state index in [1.165, 1.54) is 11.1 Å². The third-order valence-electron chi connectivity index (χ3n) is 3.22. The Kier molecular flexibility index (Phi) is 4.01. The lowest BCUT2D eigenvalue weighted by atomic mass is 10.1. The number of anilines is 1. The molecule has 0 aromatic heterocycles. The van der Waals surface area contributed by atoms with Crippen molar-refractivity contribution >= 4 is 17.3 Å². The van der Waals surface area contributed by atoms with Crippen molar-refractivity contribution in [2.75, 3.05) is 5.73 Å². The standard InChI is InChI=1S/C16H18ClNO/c1-10-6-11(2)12(3)16(7-10)19-9-13-8-14(18)4-5-15(13)17/h4-8H,9,18H2,1-3H3. The van der Waals surface area contributed by atoms with Crippen molar-refractivity contribution in [1.29, 1.82) is 0 Å². The minimum absolute atomic E-state index is 0.424. The zero-order valence-corrected chi connectivity index (χ0v) is 12.2. The van der Waals surface area contributed by atoms with Gasteiger partial charge >= 0.3 is 0 Å². The minimum Gasteiger partial charge on any atom is -0.489 e. The van der Waals surface area contributed by atoms with E-state index in [0.717, 1.165) is 16.9 Å². The number of rotatable bonds is 3. The first-order valence-electron chi connectivity index (χ1n) is 6.22. The third-order valence-corrected chi connectivity index (χ3v) is 3.59. The number of nitrogen functional groups attached to an aromatic ring is 1. The first kappa shape index (κ1) is 13.8. The molecule has 2 aromatic carbocycles. The summed E-state index contributed by atoms with van der Waals surface area (Å²) in [5, 5.41) is 0.677. The lowest BCUT2D eigenvalue weighted by molar-refractivity contribution is 0.304. The van der Waals surface area contributed by atoms with E-state index >= 15 is 0 Å². The highest BCUT2D eigenvalue weighted by molar-refractivity contribution is 6.31. The molecule has 2 N–H and O–H groups in total. The SMILES string of the molecule is Cc1cc(C)c(C)c(OCc2cc(N)ccc2Cl)c1. The number of nitrogens with two attached hydrogens (primary N) is 1. The molecule has 3 heteroatoms. The van der Waals surface area contributed by atoms with Crippen LogP contribution in [0.3, 0.4) is 0 Å². The fourth-order valence-electron chi connectivity index (χ4n) is 2.01. The van der Waals surface area contributed by atoms with Crippen LogP contribution in [0, 0.1) is 20.8 Å². The summed E-state index contributed by atoms with van der Waals surface area (Å²) in [4.78, 5) is 0. The maximum atomic E-state index is 6.13. The Hall–Kier alpha value is -1.67. The van der Waals surface area contributed by atoms with Crippen LogP contribution in [0.15, 0.2) is 30.3 Å². The Balaban J connectivity index is 2.21. The van der Waals surface area contributed by atoms with E-state index in [1.54, 1.807) is 12.1 Å². The highest BCUT2D eigenvalue weighted by Gasteiger charge is 2.06. The molecule has 0 bridgehead atoms. The Bertz CT molecular complexity index is 608. The average molecular weight is 276 g/mol. The van der Waals surface area contributed by atoms with Crippen LogP contribution in [0.4, 0.5) is 5.69 Å². The molecule has 0 spiro atoms. The van der Waals surface area contributed by atoms with E-state index in [1.807, 2.05) is 12.1 Å². The van der Waals surface area contributed by atoms with Crippen LogP contribution in [-0.4, -0.2) is 0 Å². The topological polar surface area (TPSA) is 35.2 Å². The monoisotopic (exact) mass is 275 g/mol. The van der Waals surface area contributed by atoms with Crippen molar-refractivity contribution in [2.24, 2.45) is 0 Å². The van der Waals surface area contributed by atoms with Gasteiger partial charge in [-0.3, -0.25) is 0 Å². The molecule has 0 amide bonds. The number of aryl methyl sites for hydroxylation is 2. The van der Waals surface area contributed by atoms with Gasteiger partial charge in [0, 0.05) is 16.3 Å². The van der Waals surface area contributed by atoms with Crippen LogP contribution in [0.2, 0.25) is 5.02 Å². The van der Waals surface area contributed by atoms with Gasteiger partial charge in [0.25, 0.3) is 0 Å². The van der Waals surface area contributed by atoms with E-state index in [0.29, 0.717) is 17.3 Å². The van der Waals surface area contributed by atoms with Crippen LogP contribution < -0.4 is 10.5 Å². The first-order chi connectivity index (χ1) is 8.97. The maximum absolute atomic E-state index is 6.13. The predicted octanol–water partition coefficient (Wildman–Crippen LogP) is 4.43. The summed E-state index contributed by atoms with van der Waals surface area (Å²) < 4.78 is 5.88. The summed E-state index contributed by atoms with van der Waals surface area (Å²) in [5.41, 5.74) is 10.9. The molecule has 0 saturated carbocycles. The van der Waals surface area contributed by atoms with Crippen molar-refractivity contribution in [3.63, 3.8) is 0 Å². The van der Waals surface area contributed by atoms with Gasteiger partial charge in [0.2, 0.25) is 0 Å². The first-order valence-corrected chi connectivity index (χ1v) is 6.59. The molecular weight excluding hydrogens is 258 g/mol.